The van der Waals surface area contributed by atoms with Gasteiger partial charge in [-0.15, -0.1) is 22.7 Å². The number of aromatic nitrogens is 2. The summed E-state index contributed by atoms with van der Waals surface area (Å²) in [4.78, 5) is 19.5. The molecule has 25 heavy (non-hydrogen) atoms. The zero-order chi connectivity index (χ0) is 17.4. The summed E-state index contributed by atoms with van der Waals surface area (Å²) in [6.07, 6.45) is 0. The number of aryl methyl sites for hydroxylation is 1. The third-order valence-electron chi connectivity index (χ3n) is 3.95. The van der Waals surface area contributed by atoms with Gasteiger partial charge in [0.25, 0.3) is 11.6 Å². The third-order valence-corrected chi connectivity index (χ3v) is 5.90. The Morgan fingerprint density at radius 3 is 2.76 bits per heavy atom. The lowest BCUT2D eigenvalue weighted by Gasteiger charge is -2.13. The second-order valence-electron chi connectivity index (χ2n) is 5.69. The van der Waals surface area contributed by atoms with Gasteiger partial charge in [0.1, 0.15) is 0 Å². The summed E-state index contributed by atoms with van der Waals surface area (Å²) in [5.74, 6) is -0.155. The second kappa shape index (κ2) is 6.42. The summed E-state index contributed by atoms with van der Waals surface area (Å²) in [6.45, 7) is 3.79. The van der Waals surface area contributed by atoms with Crippen LogP contribution in [0.2, 0.25) is 0 Å². The van der Waals surface area contributed by atoms with E-state index >= 15 is 0 Å². The van der Waals surface area contributed by atoms with Gasteiger partial charge in [-0.2, -0.15) is 0 Å². The average molecular weight is 369 g/mol. The van der Waals surface area contributed by atoms with Crippen LogP contribution >= 0.6 is 22.7 Å². The summed E-state index contributed by atoms with van der Waals surface area (Å²) in [5, 5.41) is 11.7. The van der Waals surface area contributed by atoms with Crippen LogP contribution in [-0.2, 0) is 0 Å². The smallest absolute Gasteiger partial charge is 0.259 e. The molecule has 1 unspecified atom stereocenters. The minimum absolute atomic E-state index is 0.0685. The Kier molecular flexibility index (Phi) is 4.10. The van der Waals surface area contributed by atoms with E-state index in [0.29, 0.717) is 28.1 Å². The van der Waals surface area contributed by atoms with E-state index < -0.39 is 0 Å². The van der Waals surface area contributed by atoms with Crippen LogP contribution in [0.25, 0.3) is 21.7 Å². The monoisotopic (exact) mass is 369 g/mol. The van der Waals surface area contributed by atoms with E-state index in [1.165, 1.54) is 0 Å². The van der Waals surface area contributed by atoms with Crippen molar-refractivity contribution in [2.45, 2.75) is 19.9 Å². The number of carbonyl (C=O) groups excluding carboxylic acids is 1. The lowest BCUT2D eigenvalue weighted by atomic mass is 10.1. The summed E-state index contributed by atoms with van der Waals surface area (Å²) in [5.41, 5.74) is 2.30. The minimum atomic E-state index is -0.155. The van der Waals surface area contributed by atoms with Gasteiger partial charge < -0.3 is 9.84 Å². The van der Waals surface area contributed by atoms with Gasteiger partial charge in [0.15, 0.2) is 0 Å². The number of hydrogen-bond acceptors (Lipinski definition) is 6. The predicted octanol–water partition coefficient (Wildman–Crippen LogP) is 4.81. The number of pyridine rings is 1. The van der Waals surface area contributed by atoms with E-state index in [0.717, 1.165) is 9.75 Å². The van der Waals surface area contributed by atoms with Gasteiger partial charge in [-0.1, -0.05) is 17.3 Å². The number of rotatable bonds is 4. The van der Waals surface area contributed by atoms with Crippen LogP contribution in [0, 0.1) is 6.92 Å². The molecule has 0 radical (unpaired) electrons. The fourth-order valence-corrected chi connectivity index (χ4v) is 4.13. The molecule has 0 saturated carbocycles. The van der Waals surface area contributed by atoms with Crippen molar-refractivity contribution in [3.05, 3.63) is 57.2 Å². The van der Waals surface area contributed by atoms with Crippen molar-refractivity contribution in [3.8, 4) is 10.6 Å². The minimum Gasteiger partial charge on any atom is -0.345 e. The van der Waals surface area contributed by atoms with Crippen LogP contribution in [0.5, 0.6) is 0 Å². The molecule has 0 aromatic carbocycles. The summed E-state index contributed by atoms with van der Waals surface area (Å²) < 4.78 is 5.32. The largest absolute Gasteiger partial charge is 0.345 e. The molecule has 1 N–H and O–H groups in total. The van der Waals surface area contributed by atoms with E-state index in [1.807, 2.05) is 54.9 Å². The maximum atomic E-state index is 12.9. The average Bonchev–Trinajstić information content (AvgIpc) is 3.36. The number of hydrogen-bond donors (Lipinski definition) is 1. The van der Waals surface area contributed by atoms with Gasteiger partial charge in [-0.3, -0.25) is 4.79 Å². The highest BCUT2D eigenvalue weighted by atomic mass is 32.1. The van der Waals surface area contributed by atoms with Crippen LogP contribution in [-0.4, -0.2) is 16.0 Å². The molecule has 0 bridgehead atoms. The first-order chi connectivity index (χ1) is 12.1. The summed E-state index contributed by atoms with van der Waals surface area (Å²) >= 11 is 3.19. The number of nitrogens with zero attached hydrogens (tertiary/aromatic N) is 2. The molecule has 1 amide bonds. The molecule has 5 nitrogen and oxygen atoms in total. The van der Waals surface area contributed by atoms with Gasteiger partial charge in [-0.25, -0.2) is 4.98 Å². The Hall–Kier alpha value is -2.51. The molecule has 0 spiro atoms. The predicted molar refractivity (Wildman–Crippen MR) is 100 cm³/mol. The molecule has 1 atom stereocenters. The summed E-state index contributed by atoms with van der Waals surface area (Å²) in [6, 6.07) is 9.66. The van der Waals surface area contributed by atoms with Crippen LogP contribution in [0.4, 0.5) is 0 Å². The number of amides is 1. The number of nitrogens with one attached hydrogen (secondary N) is 1. The first-order valence-electron chi connectivity index (χ1n) is 7.78. The van der Waals surface area contributed by atoms with Crippen LogP contribution < -0.4 is 5.32 Å². The van der Waals surface area contributed by atoms with Crippen molar-refractivity contribution in [2.75, 3.05) is 0 Å². The van der Waals surface area contributed by atoms with Gasteiger partial charge in [0.2, 0.25) is 0 Å². The van der Waals surface area contributed by atoms with Crippen molar-refractivity contribution in [1.82, 2.24) is 15.5 Å². The van der Waals surface area contributed by atoms with Crippen molar-refractivity contribution in [2.24, 2.45) is 0 Å². The Labute approximate surface area is 152 Å². The lowest BCUT2D eigenvalue weighted by Crippen LogP contribution is -2.26. The van der Waals surface area contributed by atoms with E-state index in [-0.39, 0.29) is 11.9 Å². The highest BCUT2D eigenvalue weighted by Gasteiger charge is 2.21. The molecule has 4 rings (SSSR count). The molecule has 0 fully saturated rings. The van der Waals surface area contributed by atoms with Gasteiger partial charge in [-0.05, 0) is 42.8 Å². The normalized spacial score (nSPS) is 12.4. The first-order valence-corrected chi connectivity index (χ1v) is 9.54. The maximum Gasteiger partial charge on any atom is 0.259 e. The van der Waals surface area contributed by atoms with E-state index in [9.17, 15) is 4.79 Å². The highest BCUT2D eigenvalue weighted by Crippen LogP contribution is 2.30. The molecule has 126 valence electrons. The lowest BCUT2D eigenvalue weighted by molar-refractivity contribution is 0.0942. The fraction of sp³-hybridized carbons (Fsp3) is 0.167. The molecule has 4 heterocycles. The number of thiophene rings is 2. The highest BCUT2D eigenvalue weighted by molar-refractivity contribution is 7.13. The zero-order valence-electron chi connectivity index (χ0n) is 13.6. The van der Waals surface area contributed by atoms with Crippen LogP contribution in [0.15, 0.2) is 45.6 Å². The standard InChI is InChI=1S/C18H15N3O2S2/c1-10(14-5-3-7-24-14)19-17(22)12-9-13(15-6-4-8-25-15)20-18-16(12)11(2)21-23-18/h3-10H,1-2H3,(H,19,22). The van der Waals surface area contributed by atoms with E-state index in [2.05, 4.69) is 15.5 Å². The molecule has 7 heteroatoms. The van der Waals surface area contributed by atoms with Gasteiger partial charge >= 0.3 is 0 Å². The van der Waals surface area contributed by atoms with Crippen LogP contribution in [0.1, 0.15) is 33.9 Å². The summed E-state index contributed by atoms with van der Waals surface area (Å²) in [7, 11) is 0. The Morgan fingerprint density at radius 2 is 2.04 bits per heavy atom. The molecular weight excluding hydrogens is 354 g/mol. The number of carbonyl (C=O) groups is 1. The van der Waals surface area contributed by atoms with Gasteiger partial charge in [0, 0.05) is 4.88 Å². The fourth-order valence-electron chi connectivity index (χ4n) is 2.71. The Balaban J connectivity index is 1.76. The quantitative estimate of drug-likeness (QED) is 0.560. The molecule has 0 aliphatic rings. The molecule has 0 aliphatic heterocycles. The number of fused-ring (bicyclic) bond motifs is 1. The van der Waals surface area contributed by atoms with Crippen molar-refractivity contribution < 1.29 is 9.32 Å². The maximum absolute atomic E-state index is 12.9. The van der Waals surface area contributed by atoms with E-state index in [4.69, 9.17) is 4.52 Å². The van der Waals surface area contributed by atoms with E-state index in [1.54, 1.807) is 22.7 Å². The molecule has 4 aromatic rings. The van der Waals surface area contributed by atoms with Crippen LogP contribution in [0.3, 0.4) is 0 Å². The van der Waals surface area contributed by atoms with Crippen molar-refractivity contribution in [3.63, 3.8) is 0 Å². The topological polar surface area (TPSA) is 68.0 Å². The SMILES string of the molecule is Cc1noc2nc(-c3cccs3)cc(C(=O)NC(C)c3cccs3)c12. The molecule has 4 aromatic heterocycles. The zero-order valence-corrected chi connectivity index (χ0v) is 15.3. The Morgan fingerprint density at radius 1 is 1.24 bits per heavy atom. The van der Waals surface area contributed by atoms with Crippen molar-refractivity contribution in [1.29, 1.82) is 0 Å². The van der Waals surface area contributed by atoms with Crippen molar-refractivity contribution >= 4 is 39.7 Å². The first kappa shape index (κ1) is 16.0. The van der Waals surface area contributed by atoms with Gasteiger partial charge in [0.05, 0.1) is 33.3 Å². The molecular formula is C18H15N3O2S2. The second-order valence-corrected chi connectivity index (χ2v) is 7.62. The molecule has 0 aliphatic carbocycles. The Bertz CT molecular complexity index is 1020. The third kappa shape index (κ3) is 2.96. The molecule has 0 saturated heterocycles.